The summed E-state index contributed by atoms with van der Waals surface area (Å²) < 4.78 is 0. The molecule has 1 unspecified atom stereocenters. The normalized spacial score (nSPS) is 23.5. The maximum Gasteiger partial charge on any atom is 0.0143 e. The van der Waals surface area contributed by atoms with Gasteiger partial charge in [-0.1, -0.05) is 6.92 Å². The summed E-state index contributed by atoms with van der Waals surface area (Å²) in [5, 5.41) is 4.20. The first-order valence-electron chi connectivity index (χ1n) is 4.79. The van der Waals surface area contributed by atoms with Crippen molar-refractivity contribution in [1.29, 1.82) is 0 Å². The molecule has 1 N–H and O–H groups in total. The minimum Gasteiger partial charge on any atom is -0.315 e. The van der Waals surface area contributed by atoms with Crippen LogP contribution in [0.2, 0.25) is 0 Å². The fraction of sp³-hybridized carbons (Fsp3) is 1.00. The molecule has 12 heavy (non-hydrogen) atoms. The quantitative estimate of drug-likeness (QED) is 0.712. The molecule has 0 aromatic heterocycles. The molecule has 2 nitrogen and oxygen atoms in total. The van der Waals surface area contributed by atoms with E-state index in [-0.39, 0.29) is 0 Å². The summed E-state index contributed by atoms with van der Waals surface area (Å²) in [6.45, 7) is 8.43. The van der Waals surface area contributed by atoms with Crippen molar-refractivity contribution >= 4 is 11.8 Å². The maximum absolute atomic E-state index is 3.42. The van der Waals surface area contributed by atoms with E-state index < -0.39 is 0 Å². The van der Waals surface area contributed by atoms with E-state index in [9.17, 15) is 0 Å². The molecule has 0 bridgehead atoms. The number of rotatable bonds is 3. The molecule has 1 atom stereocenters. The van der Waals surface area contributed by atoms with Crippen LogP contribution in [0.15, 0.2) is 0 Å². The van der Waals surface area contributed by atoms with Gasteiger partial charge in [0.05, 0.1) is 0 Å². The molecule has 72 valence electrons. The average molecular weight is 188 g/mol. The summed E-state index contributed by atoms with van der Waals surface area (Å²) in [6.07, 6.45) is 3.50. The van der Waals surface area contributed by atoms with Crippen LogP contribution in [0.5, 0.6) is 0 Å². The van der Waals surface area contributed by atoms with Crippen molar-refractivity contribution in [2.45, 2.75) is 18.6 Å². The third-order valence-electron chi connectivity index (χ3n) is 2.35. The second-order valence-electron chi connectivity index (χ2n) is 3.45. The van der Waals surface area contributed by atoms with E-state index >= 15 is 0 Å². The molecule has 0 aromatic rings. The number of hydrogen-bond donors (Lipinski definition) is 1. The van der Waals surface area contributed by atoms with Gasteiger partial charge in [0.25, 0.3) is 0 Å². The van der Waals surface area contributed by atoms with E-state index in [1.54, 1.807) is 0 Å². The highest BCUT2D eigenvalue weighted by molar-refractivity contribution is 7.99. The SMILES string of the molecule is CSC(C)CN1CCCNCC1. The molecule has 1 rings (SSSR count). The Morgan fingerprint density at radius 2 is 2.25 bits per heavy atom. The van der Waals surface area contributed by atoms with Crippen LogP contribution in [0.3, 0.4) is 0 Å². The van der Waals surface area contributed by atoms with Gasteiger partial charge in [0.1, 0.15) is 0 Å². The Morgan fingerprint density at radius 1 is 1.42 bits per heavy atom. The van der Waals surface area contributed by atoms with Crippen molar-refractivity contribution in [3.8, 4) is 0 Å². The molecule has 0 amide bonds. The molecule has 1 aliphatic rings. The first-order valence-corrected chi connectivity index (χ1v) is 6.07. The molecule has 0 spiro atoms. The van der Waals surface area contributed by atoms with E-state index in [1.807, 2.05) is 11.8 Å². The van der Waals surface area contributed by atoms with E-state index in [1.165, 1.54) is 39.1 Å². The van der Waals surface area contributed by atoms with Crippen molar-refractivity contribution in [2.24, 2.45) is 0 Å². The summed E-state index contributed by atoms with van der Waals surface area (Å²) in [7, 11) is 0. The van der Waals surface area contributed by atoms with Crippen LogP contribution in [-0.4, -0.2) is 49.1 Å². The van der Waals surface area contributed by atoms with Crippen LogP contribution in [0, 0.1) is 0 Å². The Hall–Kier alpha value is 0.270. The van der Waals surface area contributed by atoms with Crippen molar-refractivity contribution < 1.29 is 0 Å². The highest BCUT2D eigenvalue weighted by atomic mass is 32.2. The molecule has 1 heterocycles. The third kappa shape index (κ3) is 3.78. The largest absolute Gasteiger partial charge is 0.315 e. The molecule has 1 aliphatic heterocycles. The Bertz CT molecular complexity index is 111. The van der Waals surface area contributed by atoms with E-state index in [0.29, 0.717) is 0 Å². The lowest BCUT2D eigenvalue weighted by Gasteiger charge is -2.22. The number of nitrogens with zero attached hydrogens (tertiary/aromatic N) is 1. The summed E-state index contributed by atoms with van der Waals surface area (Å²) in [5.74, 6) is 0. The molecular weight excluding hydrogens is 168 g/mol. The van der Waals surface area contributed by atoms with Gasteiger partial charge in [-0.05, 0) is 25.8 Å². The molecule has 0 aliphatic carbocycles. The summed E-state index contributed by atoms with van der Waals surface area (Å²) in [4.78, 5) is 2.57. The van der Waals surface area contributed by atoms with Crippen molar-refractivity contribution in [3.05, 3.63) is 0 Å². The Morgan fingerprint density at radius 3 is 3.00 bits per heavy atom. The Kier molecular flexibility index (Phi) is 5.04. The molecule has 0 aromatic carbocycles. The smallest absolute Gasteiger partial charge is 0.0143 e. The Labute approximate surface area is 80.1 Å². The van der Waals surface area contributed by atoms with E-state index in [4.69, 9.17) is 0 Å². The lowest BCUT2D eigenvalue weighted by molar-refractivity contribution is 0.297. The van der Waals surface area contributed by atoms with Crippen LogP contribution in [0.25, 0.3) is 0 Å². The zero-order valence-corrected chi connectivity index (χ0v) is 8.99. The molecule has 1 saturated heterocycles. The van der Waals surface area contributed by atoms with Gasteiger partial charge in [-0.25, -0.2) is 0 Å². The van der Waals surface area contributed by atoms with Crippen LogP contribution in [0.1, 0.15) is 13.3 Å². The van der Waals surface area contributed by atoms with Gasteiger partial charge in [-0.15, -0.1) is 0 Å². The lowest BCUT2D eigenvalue weighted by Crippen LogP contribution is -2.32. The first-order chi connectivity index (χ1) is 5.83. The fourth-order valence-corrected chi connectivity index (χ4v) is 1.88. The minimum atomic E-state index is 0.781. The van der Waals surface area contributed by atoms with Crippen LogP contribution in [-0.2, 0) is 0 Å². The zero-order valence-electron chi connectivity index (χ0n) is 8.18. The zero-order chi connectivity index (χ0) is 8.81. The van der Waals surface area contributed by atoms with Gasteiger partial charge in [-0.2, -0.15) is 11.8 Å². The maximum atomic E-state index is 3.42. The second kappa shape index (κ2) is 5.84. The highest BCUT2D eigenvalue weighted by Crippen LogP contribution is 2.07. The van der Waals surface area contributed by atoms with Crippen LogP contribution >= 0.6 is 11.8 Å². The predicted octanol–water partition coefficient (Wildman–Crippen LogP) is 1.03. The molecule has 1 fully saturated rings. The van der Waals surface area contributed by atoms with E-state index in [2.05, 4.69) is 23.4 Å². The average Bonchev–Trinajstić information content (AvgIpc) is 2.33. The van der Waals surface area contributed by atoms with Crippen LogP contribution in [0.4, 0.5) is 0 Å². The van der Waals surface area contributed by atoms with Crippen molar-refractivity contribution in [3.63, 3.8) is 0 Å². The first kappa shape index (κ1) is 10.4. The Balaban J connectivity index is 2.20. The predicted molar refractivity (Wildman–Crippen MR) is 56.9 cm³/mol. The van der Waals surface area contributed by atoms with Crippen LogP contribution < -0.4 is 5.32 Å². The molecule has 0 radical (unpaired) electrons. The molecular formula is C9H20N2S. The van der Waals surface area contributed by atoms with Crippen molar-refractivity contribution in [1.82, 2.24) is 10.2 Å². The van der Waals surface area contributed by atoms with Gasteiger partial charge < -0.3 is 10.2 Å². The number of hydrogen-bond acceptors (Lipinski definition) is 3. The van der Waals surface area contributed by atoms with Gasteiger partial charge in [0.15, 0.2) is 0 Å². The second-order valence-corrected chi connectivity index (χ2v) is 4.73. The van der Waals surface area contributed by atoms with Crippen molar-refractivity contribution in [2.75, 3.05) is 39.0 Å². The highest BCUT2D eigenvalue weighted by Gasteiger charge is 2.10. The standard InChI is InChI=1S/C9H20N2S/c1-9(12-2)8-11-6-3-4-10-5-7-11/h9-10H,3-8H2,1-2H3. The van der Waals surface area contributed by atoms with Gasteiger partial charge >= 0.3 is 0 Å². The van der Waals surface area contributed by atoms with E-state index in [0.717, 1.165) is 5.25 Å². The summed E-state index contributed by atoms with van der Waals surface area (Å²) in [6, 6.07) is 0. The monoisotopic (exact) mass is 188 g/mol. The topological polar surface area (TPSA) is 15.3 Å². The molecule has 0 saturated carbocycles. The number of thioether (sulfide) groups is 1. The number of nitrogens with one attached hydrogen (secondary N) is 1. The summed E-state index contributed by atoms with van der Waals surface area (Å²) >= 11 is 1.96. The molecule has 3 heteroatoms. The fourth-order valence-electron chi connectivity index (χ4n) is 1.52. The summed E-state index contributed by atoms with van der Waals surface area (Å²) in [5.41, 5.74) is 0. The van der Waals surface area contributed by atoms with Gasteiger partial charge in [0.2, 0.25) is 0 Å². The third-order valence-corrected chi connectivity index (χ3v) is 3.30. The van der Waals surface area contributed by atoms with Gasteiger partial charge in [-0.3, -0.25) is 0 Å². The van der Waals surface area contributed by atoms with Gasteiger partial charge in [0, 0.05) is 24.9 Å². The lowest BCUT2D eigenvalue weighted by atomic mass is 10.3. The minimum absolute atomic E-state index is 0.781.